The smallest absolute Gasteiger partial charge is 0.0362 e. The fourth-order valence-electron chi connectivity index (χ4n) is 7.68. The Balaban J connectivity index is 1.33. The summed E-state index contributed by atoms with van der Waals surface area (Å²) >= 11 is 1.89. The first-order chi connectivity index (χ1) is 22.3. The topological polar surface area (TPSA) is 0 Å². The molecule has 0 aliphatic heterocycles. The van der Waals surface area contributed by atoms with E-state index in [9.17, 15) is 0 Å². The van der Waals surface area contributed by atoms with Gasteiger partial charge in [-0.3, -0.25) is 0 Å². The summed E-state index contributed by atoms with van der Waals surface area (Å²) in [6.07, 6.45) is 0. The molecule has 45 heavy (non-hydrogen) atoms. The lowest BCUT2D eigenvalue weighted by atomic mass is 9.85. The monoisotopic (exact) mass is 586 g/mol. The minimum absolute atomic E-state index is 1.25. The fourth-order valence-corrected chi connectivity index (χ4v) is 8.81. The predicted molar refractivity (Wildman–Crippen MR) is 198 cm³/mol. The summed E-state index contributed by atoms with van der Waals surface area (Å²) < 4.78 is 2.69. The Hall–Kier alpha value is -5.50. The molecule has 0 fully saturated rings. The van der Waals surface area contributed by atoms with E-state index in [1.807, 2.05) is 11.3 Å². The first kappa shape index (κ1) is 24.9. The lowest BCUT2D eigenvalue weighted by Gasteiger charge is -2.18. The van der Waals surface area contributed by atoms with Gasteiger partial charge in [-0.05, 0) is 100 Å². The van der Waals surface area contributed by atoms with Crippen LogP contribution in [0.2, 0.25) is 0 Å². The maximum absolute atomic E-state index is 2.45. The molecule has 0 nitrogen and oxygen atoms in total. The van der Waals surface area contributed by atoms with Crippen molar-refractivity contribution >= 4 is 85.4 Å². The van der Waals surface area contributed by atoms with Gasteiger partial charge in [0.2, 0.25) is 0 Å². The Morgan fingerprint density at radius 2 is 0.711 bits per heavy atom. The van der Waals surface area contributed by atoms with Crippen molar-refractivity contribution in [1.29, 1.82) is 0 Å². The van der Waals surface area contributed by atoms with E-state index in [2.05, 4.69) is 158 Å². The van der Waals surface area contributed by atoms with Crippen LogP contribution < -0.4 is 0 Å². The van der Waals surface area contributed by atoms with Gasteiger partial charge in [0.15, 0.2) is 0 Å². The highest BCUT2D eigenvalue weighted by Crippen LogP contribution is 2.46. The number of hydrogen-bond acceptors (Lipinski definition) is 1. The third-order valence-corrected chi connectivity index (χ3v) is 10.8. The second-order valence-electron chi connectivity index (χ2n) is 12.0. The molecule has 208 valence electrons. The van der Waals surface area contributed by atoms with E-state index in [-0.39, 0.29) is 0 Å². The zero-order valence-corrected chi connectivity index (χ0v) is 25.2. The number of hydrogen-bond donors (Lipinski definition) is 0. The van der Waals surface area contributed by atoms with E-state index in [4.69, 9.17) is 0 Å². The molecular formula is C44H26S. The number of thiophene rings is 1. The van der Waals surface area contributed by atoms with Crippen molar-refractivity contribution < 1.29 is 0 Å². The molecule has 0 unspecified atom stereocenters. The van der Waals surface area contributed by atoms with E-state index >= 15 is 0 Å². The van der Waals surface area contributed by atoms with Crippen LogP contribution in [0.3, 0.4) is 0 Å². The Morgan fingerprint density at radius 3 is 1.36 bits per heavy atom. The molecule has 1 heterocycles. The largest absolute Gasteiger partial charge is 0.135 e. The van der Waals surface area contributed by atoms with Crippen LogP contribution >= 0.6 is 11.3 Å². The molecule has 9 aromatic carbocycles. The Bertz CT molecular complexity index is 2740. The summed E-state index contributed by atoms with van der Waals surface area (Å²) in [6, 6.07) is 58.5. The van der Waals surface area contributed by atoms with Crippen molar-refractivity contribution in [2.75, 3.05) is 0 Å². The van der Waals surface area contributed by atoms with Gasteiger partial charge in [-0.1, -0.05) is 133 Å². The van der Waals surface area contributed by atoms with Gasteiger partial charge in [-0.25, -0.2) is 0 Å². The van der Waals surface area contributed by atoms with Crippen molar-refractivity contribution in [3.05, 3.63) is 158 Å². The lowest BCUT2D eigenvalue weighted by Crippen LogP contribution is -1.91. The van der Waals surface area contributed by atoms with E-state index in [1.54, 1.807) is 0 Å². The second kappa shape index (κ2) is 9.50. The second-order valence-corrected chi connectivity index (χ2v) is 13.1. The van der Waals surface area contributed by atoms with Gasteiger partial charge in [0.1, 0.15) is 0 Å². The maximum Gasteiger partial charge on any atom is 0.0362 e. The predicted octanol–water partition coefficient (Wildman–Crippen LogP) is 13.2. The van der Waals surface area contributed by atoms with Crippen LogP contribution in [0.1, 0.15) is 0 Å². The summed E-state index contributed by atoms with van der Waals surface area (Å²) in [6.45, 7) is 0. The molecule has 0 saturated heterocycles. The maximum atomic E-state index is 2.45. The SMILES string of the molecule is c1ccc(-c2c3ccccc3c(-c3ccc4c(c3)c3ccccc3c3cc5c(cc43)sc3ccccc35)c3ccccc23)cc1. The van der Waals surface area contributed by atoms with Crippen LogP contribution in [-0.4, -0.2) is 0 Å². The average Bonchev–Trinajstić information content (AvgIpc) is 3.47. The molecular weight excluding hydrogens is 561 g/mol. The zero-order valence-electron chi connectivity index (χ0n) is 24.4. The minimum atomic E-state index is 1.25. The molecule has 0 bridgehead atoms. The zero-order chi connectivity index (χ0) is 29.5. The molecule has 10 aromatic rings. The van der Waals surface area contributed by atoms with Crippen LogP contribution in [-0.2, 0) is 0 Å². The van der Waals surface area contributed by atoms with Crippen molar-refractivity contribution in [3.8, 4) is 22.3 Å². The van der Waals surface area contributed by atoms with Crippen LogP contribution in [0.4, 0.5) is 0 Å². The highest BCUT2D eigenvalue weighted by atomic mass is 32.1. The lowest BCUT2D eigenvalue weighted by molar-refractivity contribution is 1.66. The standard InChI is InChI=1S/C44H26S/c1-2-12-27(13-3-1)43-33-17-6-8-19-35(33)44(36-20-9-7-18-34(36)43)28-22-23-31-37(24-28)29-14-4-5-15-30(29)38-25-40-32-16-10-11-21-41(32)45-42(40)26-39(31)38/h1-26H. The van der Waals surface area contributed by atoms with Crippen molar-refractivity contribution in [2.24, 2.45) is 0 Å². The van der Waals surface area contributed by atoms with Crippen LogP contribution in [0.15, 0.2) is 158 Å². The molecule has 1 aromatic heterocycles. The Morgan fingerprint density at radius 1 is 0.244 bits per heavy atom. The number of rotatable bonds is 2. The van der Waals surface area contributed by atoms with E-state index in [0.29, 0.717) is 0 Å². The van der Waals surface area contributed by atoms with Gasteiger partial charge in [0.25, 0.3) is 0 Å². The van der Waals surface area contributed by atoms with E-state index in [1.165, 1.54) is 96.3 Å². The summed E-state index contributed by atoms with van der Waals surface area (Å²) in [5, 5.41) is 15.7. The molecule has 10 rings (SSSR count). The molecule has 0 atom stereocenters. The van der Waals surface area contributed by atoms with Crippen LogP contribution in [0, 0.1) is 0 Å². The third kappa shape index (κ3) is 3.59. The van der Waals surface area contributed by atoms with Crippen LogP contribution in [0.25, 0.3) is 96.3 Å². The highest BCUT2D eigenvalue weighted by molar-refractivity contribution is 7.25. The molecule has 1 heteroatoms. The third-order valence-electron chi connectivity index (χ3n) is 9.62. The summed E-state index contributed by atoms with van der Waals surface area (Å²) in [5.41, 5.74) is 5.10. The Kier molecular flexibility index (Phi) is 5.25. The van der Waals surface area contributed by atoms with Crippen molar-refractivity contribution in [1.82, 2.24) is 0 Å². The summed E-state index contributed by atoms with van der Waals surface area (Å²) in [7, 11) is 0. The number of fused-ring (bicyclic) bond motifs is 11. The fraction of sp³-hybridized carbons (Fsp3) is 0. The summed E-state index contributed by atoms with van der Waals surface area (Å²) in [4.78, 5) is 0. The van der Waals surface area contributed by atoms with E-state index < -0.39 is 0 Å². The van der Waals surface area contributed by atoms with Crippen molar-refractivity contribution in [3.63, 3.8) is 0 Å². The van der Waals surface area contributed by atoms with Gasteiger partial charge in [0.05, 0.1) is 0 Å². The summed E-state index contributed by atoms with van der Waals surface area (Å²) in [5.74, 6) is 0. The normalized spacial score (nSPS) is 12.0. The average molecular weight is 587 g/mol. The number of benzene rings is 9. The van der Waals surface area contributed by atoms with Crippen molar-refractivity contribution in [2.45, 2.75) is 0 Å². The van der Waals surface area contributed by atoms with Gasteiger partial charge in [-0.15, -0.1) is 11.3 Å². The van der Waals surface area contributed by atoms with E-state index in [0.717, 1.165) is 0 Å². The highest BCUT2D eigenvalue weighted by Gasteiger charge is 2.18. The molecule has 0 radical (unpaired) electrons. The first-order valence-electron chi connectivity index (χ1n) is 15.5. The molecule has 0 aliphatic carbocycles. The molecule has 0 amide bonds. The molecule has 0 spiro atoms. The molecule has 0 saturated carbocycles. The first-order valence-corrected chi connectivity index (χ1v) is 16.3. The van der Waals surface area contributed by atoms with Gasteiger partial charge in [0, 0.05) is 20.2 Å². The molecule has 0 aliphatic rings. The van der Waals surface area contributed by atoms with Crippen LogP contribution in [0.5, 0.6) is 0 Å². The molecule has 0 N–H and O–H groups in total. The van der Waals surface area contributed by atoms with Gasteiger partial charge >= 0.3 is 0 Å². The Labute approximate surface area is 264 Å². The van der Waals surface area contributed by atoms with Gasteiger partial charge in [-0.2, -0.15) is 0 Å². The quantitative estimate of drug-likeness (QED) is 0.140. The van der Waals surface area contributed by atoms with Gasteiger partial charge < -0.3 is 0 Å². The minimum Gasteiger partial charge on any atom is -0.135 e.